The summed E-state index contributed by atoms with van der Waals surface area (Å²) in [6.45, 7) is 0.608. The first-order valence-electron chi connectivity index (χ1n) is 4.90. The Labute approximate surface area is 104 Å². The van der Waals surface area contributed by atoms with Gasteiger partial charge in [-0.15, -0.1) is 0 Å². The maximum absolute atomic E-state index is 12.1. The standard InChI is InChI=1S/C10H10ClN3O2S/c11-9-3-7(4-12)1-2-10(9)17(15,16)14-5-8(13)6-14/h1-3,8H,5-6,13H2. The monoisotopic (exact) mass is 271 g/mol. The number of benzene rings is 1. The van der Waals surface area contributed by atoms with E-state index >= 15 is 0 Å². The van der Waals surface area contributed by atoms with Gasteiger partial charge in [-0.05, 0) is 18.2 Å². The Morgan fingerprint density at radius 1 is 1.47 bits per heavy atom. The van der Waals surface area contributed by atoms with E-state index in [0.717, 1.165) is 0 Å². The molecule has 17 heavy (non-hydrogen) atoms. The highest BCUT2D eigenvalue weighted by molar-refractivity contribution is 7.89. The topological polar surface area (TPSA) is 87.2 Å². The summed E-state index contributed by atoms with van der Waals surface area (Å²) in [5.41, 5.74) is 5.87. The summed E-state index contributed by atoms with van der Waals surface area (Å²) in [6, 6.07) is 5.91. The molecule has 0 spiro atoms. The average Bonchev–Trinajstić information content (AvgIpc) is 2.24. The smallest absolute Gasteiger partial charge is 0.244 e. The van der Waals surface area contributed by atoms with Crippen molar-refractivity contribution in [2.75, 3.05) is 13.1 Å². The quantitative estimate of drug-likeness (QED) is 0.851. The van der Waals surface area contributed by atoms with E-state index < -0.39 is 10.0 Å². The van der Waals surface area contributed by atoms with Gasteiger partial charge in [0.1, 0.15) is 4.90 Å². The van der Waals surface area contributed by atoms with Crippen LogP contribution in [-0.4, -0.2) is 31.9 Å². The molecule has 1 fully saturated rings. The number of hydrogen-bond donors (Lipinski definition) is 1. The highest BCUT2D eigenvalue weighted by Crippen LogP contribution is 2.27. The Morgan fingerprint density at radius 3 is 2.59 bits per heavy atom. The molecule has 2 rings (SSSR count). The second-order valence-electron chi connectivity index (χ2n) is 3.84. The van der Waals surface area contributed by atoms with E-state index in [1.54, 1.807) is 0 Å². The maximum atomic E-state index is 12.1. The van der Waals surface area contributed by atoms with Crippen molar-refractivity contribution < 1.29 is 8.42 Å². The lowest BCUT2D eigenvalue weighted by Crippen LogP contribution is -2.57. The van der Waals surface area contributed by atoms with Gasteiger partial charge in [0.15, 0.2) is 0 Å². The van der Waals surface area contributed by atoms with Gasteiger partial charge in [-0.3, -0.25) is 0 Å². The van der Waals surface area contributed by atoms with E-state index in [1.165, 1.54) is 22.5 Å². The number of nitrogens with zero attached hydrogens (tertiary/aromatic N) is 2. The van der Waals surface area contributed by atoms with Crippen molar-refractivity contribution in [2.45, 2.75) is 10.9 Å². The fourth-order valence-corrected chi connectivity index (χ4v) is 3.66. The van der Waals surface area contributed by atoms with Crippen molar-refractivity contribution in [1.82, 2.24) is 4.31 Å². The number of hydrogen-bond acceptors (Lipinski definition) is 4. The van der Waals surface area contributed by atoms with Gasteiger partial charge in [-0.25, -0.2) is 8.42 Å². The Kier molecular flexibility index (Phi) is 3.10. The van der Waals surface area contributed by atoms with Gasteiger partial charge in [0.25, 0.3) is 0 Å². The number of sulfonamides is 1. The first kappa shape index (κ1) is 12.3. The van der Waals surface area contributed by atoms with Gasteiger partial charge in [-0.2, -0.15) is 9.57 Å². The minimum absolute atomic E-state index is 0.0186. The summed E-state index contributed by atoms with van der Waals surface area (Å²) in [6.07, 6.45) is 0. The van der Waals surface area contributed by atoms with Crippen LogP contribution in [0.4, 0.5) is 0 Å². The molecule has 0 aromatic heterocycles. The average molecular weight is 272 g/mol. The zero-order valence-electron chi connectivity index (χ0n) is 8.80. The Balaban J connectivity index is 2.38. The van der Waals surface area contributed by atoms with Gasteiger partial charge in [-0.1, -0.05) is 11.6 Å². The van der Waals surface area contributed by atoms with Crippen LogP contribution in [0.1, 0.15) is 5.56 Å². The predicted molar refractivity (Wildman–Crippen MR) is 62.9 cm³/mol. The lowest BCUT2D eigenvalue weighted by Gasteiger charge is -2.35. The maximum Gasteiger partial charge on any atom is 0.244 e. The molecule has 0 unspecified atom stereocenters. The van der Waals surface area contributed by atoms with Crippen molar-refractivity contribution in [3.05, 3.63) is 28.8 Å². The molecule has 1 heterocycles. The molecule has 1 saturated heterocycles. The molecular weight excluding hydrogens is 262 g/mol. The van der Waals surface area contributed by atoms with Crippen molar-refractivity contribution in [2.24, 2.45) is 5.73 Å². The molecule has 0 atom stereocenters. The Bertz CT molecular complexity index is 588. The molecule has 5 nitrogen and oxygen atoms in total. The molecule has 0 saturated carbocycles. The van der Waals surface area contributed by atoms with E-state index in [4.69, 9.17) is 22.6 Å². The van der Waals surface area contributed by atoms with Crippen molar-refractivity contribution in [3.8, 4) is 6.07 Å². The minimum Gasteiger partial charge on any atom is -0.325 e. The first-order chi connectivity index (χ1) is 7.95. The third-order valence-electron chi connectivity index (χ3n) is 2.56. The highest BCUT2D eigenvalue weighted by atomic mass is 35.5. The lowest BCUT2D eigenvalue weighted by atomic mass is 10.2. The largest absolute Gasteiger partial charge is 0.325 e. The van der Waals surface area contributed by atoms with E-state index in [2.05, 4.69) is 0 Å². The van der Waals surface area contributed by atoms with Crippen LogP contribution in [0, 0.1) is 11.3 Å². The second kappa shape index (κ2) is 4.27. The predicted octanol–water partition coefficient (Wildman–Crippen LogP) is 0.543. The van der Waals surface area contributed by atoms with E-state index in [0.29, 0.717) is 18.7 Å². The van der Waals surface area contributed by atoms with Crippen LogP contribution in [-0.2, 0) is 10.0 Å². The summed E-state index contributed by atoms with van der Waals surface area (Å²) in [5.74, 6) is 0. The van der Waals surface area contributed by atoms with Gasteiger partial charge in [0, 0.05) is 19.1 Å². The molecule has 1 aliphatic heterocycles. The summed E-state index contributed by atoms with van der Waals surface area (Å²) >= 11 is 5.87. The third-order valence-corrected chi connectivity index (χ3v) is 4.87. The van der Waals surface area contributed by atoms with Crippen LogP contribution in [0.3, 0.4) is 0 Å². The molecule has 0 radical (unpaired) electrons. The number of rotatable bonds is 2. The van der Waals surface area contributed by atoms with Crippen LogP contribution < -0.4 is 5.73 Å². The molecule has 1 aliphatic rings. The molecule has 0 aliphatic carbocycles. The SMILES string of the molecule is N#Cc1ccc(S(=O)(=O)N2CC(N)C2)c(Cl)c1. The van der Waals surface area contributed by atoms with Gasteiger partial charge in [0.2, 0.25) is 10.0 Å². The highest BCUT2D eigenvalue weighted by Gasteiger charge is 2.35. The molecule has 7 heteroatoms. The summed E-state index contributed by atoms with van der Waals surface area (Å²) < 4.78 is 25.4. The van der Waals surface area contributed by atoms with Crippen LogP contribution in [0.15, 0.2) is 23.1 Å². The van der Waals surface area contributed by atoms with Crippen LogP contribution >= 0.6 is 11.6 Å². The van der Waals surface area contributed by atoms with E-state index in [1.807, 2.05) is 6.07 Å². The molecule has 90 valence electrons. The lowest BCUT2D eigenvalue weighted by molar-refractivity contribution is 0.265. The molecule has 1 aromatic carbocycles. The Hall–Kier alpha value is -1.13. The molecule has 0 amide bonds. The normalized spacial score (nSPS) is 17.5. The van der Waals surface area contributed by atoms with E-state index in [9.17, 15) is 8.42 Å². The number of nitriles is 1. The van der Waals surface area contributed by atoms with Crippen molar-refractivity contribution >= 4 is 21.6 Å². The summed E-state index contributed by atoms with van der Waals surface area (Å²) in [5, 5.41) is 8.73. The number of halogens is 1. The first-order valence-corrected chi connectivity index (χ1v) is 6.72. The zero-order valence-corrected chi connectivity index (χ0v) is 10.4. The minimum atomic E-state index is -3.58. The number of nitrogens with two attached hydrogens (primary N) is 1. The van der Waals surface area contributed by atoms with Crippen molar-refractivity contribution in [1.29, 1.82) is 5.26 Å². The zero-order chi connectivity index (χ0) is 12.6. The molecule has 1 aromatic rings. The van der Waals surface area contributed by atoms with Crippen LogP contribution in [0.25, 0.3) is 0 Å². The molecule has 2 N–H and O–H groups in total. The fourth-order valence-electron chi connectivity index (χ4n) is 1.58. The second-order valence-corrected chi connectivity index (χ2v) is 6.15. The van der Waals surface area contributed by atoms with Crippen molar-refractivity contribution in [3.63, 3.8) is 0 Å². The third kappa shape index (κ3) is 2.15. The summed E-state index contributed by atoms with van der Waals surface area (Å²) in [7, 11) is -3.58. The van der Waals surface area contributed by atoms with Crippen LogP contribution in [0.5, 0.6) is 0 Å². The molecular formula is C10H10ClN3O2S. The van der Waals surface area contributed by atoms with Gasteiger partial charge >= 0.3 is 0 Å². The van der Waals surface area contributed by atoms with Gasteiger partial charge in [0.05, 0.1) is 16.7 Å². The summed E-state index contributed by atoms with van der Waals surface area (Å²) in [4.78, 5) is 0.0186. The van der Waals surface area contributed by atoms with Crippen LogP contribution in [0.2, 0.25) is 5.02 Å². The fraction of sp³-hybridized carbons (Fsp3) is 0.300. The van der Waals surface area contributed by atoms with Gasteiger partial charge < -0.3 is 5.73 Å². The van der Waals surface area contributed by atoms with E-state index in [-0.39, 0.29) is 16.0 Å². The molecule has 0 bridgehead atoms. The Morgan fingerprint density at radius 2 is 2.12 bits per heavy atom.